The summed E-state index contributed by atoms with van der Waals surface area (Å²) in [5, 5.41) is 0. The molecule has 0 saturated carbocycles. The van der Waals surface area contributed by atoms with E-state index < -0.39 is 10.0 Å². The van der Waals surface area contributed by atoms with Crippen molar-refractivity contribution in [2.24, 2.45) is 0 Å². The van der Waals surface area contributed by atoms with Crippen LogP contribution in [0.25, 0.3) is 0 Å². The van der Waals surface area contributed by atoms with Crippen LogP contribution in [0.5, 0.6) is 11.5 Å². The van der Waals surface area contributed by atoms with Gasteiger partial charge in [-0.3, -0.25) is 9.52 Å². The highest BCUT2D eigenvalue weighted by molar-refractivity contribution is 7.92. The second-order valence-electron chi connectivity index (χ2n) is 7.81. The number of aryl methyl sites for hydroxylation is 1. The summed E-state index contributed by atoms with van der Waals surface area (Å²) in [5.74, 6) is 1.03. The van der Waals surface area contributed by atoms with Gasteiger partial charge in [0.2, 0.25) is 0 Å². The Labute approximate surface area is 194 Å². The Balaban J connectivity index is 1.34. The zero-order valence-corrected chi connectivity index (χ0v) is 19.4. The number of fused-ring (bicyclic) bond motifs is 1. The van der Waals surface area contributed by atoms with Crippen LogP contribution in [0.3, 0.4) is 0 Å². The number of benzene rings is 3. The fraction of sp³-hybridized carbons (Fsp3) is 0.240. The molecule has 0 radical (unpaired) electrons. The second kappa shape index (κ2) is 9.54. The van der Waals surface area contributed by atoms with Crippen molar-refractivity contribution in [3.8, 4) is 11.5 Å². The maximum atomic E-state index is 12.8. The Morgan fingerprint density at radius 1 is 0.939 bits per heavy atom. The lowest BCUT2D eigenvalue weighted by Crippen LogP contribution is -2.25. The summed E-state index contributed by atoms with van der Waals surface area (Å²) in [7, 11) is -0.733. The normalized spacial score (nSPS) is 13.0. The molecule has 3 aromatic carbocycles. The lowest BCUT2D eigenvalue weighted by Gasteiger charge is -2.15. The number of hydrogen-bond acceptors (Lipinski definition) is 5. The van der Waals surface area contributed by atoms with E-state index in [-0.39, 0.29) is 10.8 Å². The quantitative estimate of drug-likeness (QED) is 0.513. The van der Waals surface area contributed by atoms with E-state index in [0.717, 1.165) is 29.5 Å². The molecule has 1 N–H and O–H groups in total. The molecule has 0 unspecified atom stereocenters. The lowest BCUT2D eigenvalue weighted by molar-refractivity contribution is 0.0776. The molecule has 7 nitrogen and oxygen atoms in total. The molecule has 0 bridgehead atoms. The summed E-state index contributed by atoms with van der Waals surface area (Å²) in [6.07, 6.45) is 1.55. The van der Waals surface area contributed by atoms with Crippen LogP contribution in [0.15, 0.2) is 71.6 Å². The predicted molar refractivity (Wildman–Crippen MR) is 126 cm³/mol. The van der Waals surface area contributed by atoms with Gasteiger partial charge in [-0.25, -0.2) is 8.42 Å². The second-order valence-corrected chi connectivity index (χ2v) is 9.49. The maximum absolute atomic E-state index is 12.8. The van der Waals surface area contributed by atoms with Crippen LogP contribution in [0.2, 0.25) is 0 Å². The van der Waals surface area contributed by atoms with E-state index in [9.17, 15) is 13.2 Å². The van der Waals surface area contributed by atoms with Crippen molar-refractivity contribution < 1.29 is 22.7 Å². The van der Waals surface area contributed by atoms with E-state index >= 15 is 0 Å². The van der Waals surface area contributed by atoms with Crippen molar-refractivity contribution in [1.82, 2.24) is 4.90 Å². The summed E-state index contributed by atoms with van der Waals surface area (Å²) in [4.78, 5) is 14.5. The van der Waals surface area contributed by atoms with Crippen LogP contribution in [-0.4, -0.2) is 40.0 Å². The molecule has 1 aliphatic rings. The van der Waals surface area contributed by atoms with Gasteiger partial charge in [-0.1, -0.05) is 30.3 Å². The maximum Gasteiger partial charge on any atom is 0.261 e. The first-order chi connectivity index (χ1) is 15.9. The highest BCUT2D eigenvalue weighted by Crippen LogP contribution is 2.31. The number of carbonyl (C=O) groups is 1. The Morgan fingerprint density at radius 2 is 1.67 bits per heavy atom. The van der Waals surface area contributed by atoms with Gasteiger partial charge in [0.05, 0.1) is 24.8 Å². The Kier molecular flexibility index (Phi) is 6.55. The summed E-state index contributed by atoms with van der Waals surface area (Å²) < 4.78 is 38.5. The number of ether oxygens (including phenoxy) is 2. The van der Waals surface area contributed by atoms with Gasteiger partial charge in [0, 0.05) is 24.7 Å². The minimum atomic E-state index is -3.75. The molecule has 8 heteroatoms. The van der Waals surface area contributed by atoms with Crippen LogP contribution in [0.4, 0.5) is 5.69 Å². The zero-order valence-electron chi connectivity index (χ0n) is 18.6. The Bertz CT molecular complexity index is 1260. The van der Waals surface area contributed by atoms with Crippen LogP contribution in [0, 0.1) is 0 Å². The molecule has 1 amide bonds. The standard InChI is InChI=1S/C25H26N2O5S/c1-31-23-14-11-20(16-24(23)32-2)26-33(29,30)21-12-9-18(10-13-21)6-5-15-27-17-19-7-3-4-8-22(19)25(27)28/h3-4,7-14,16,26H,5-6,15,17H2,1-2H3. The molecule has 0 fully saturated rings. The number of carbonyl (C=O) groups excluding carboxylic acids is 1. The molecule has 0 spiro atoms. The van der Waals surface area contributed by atoms with Crippen LogP contribution in [0.1, 0.15) is 27.9 Å². The largest absolute Gasteiger partial charge is 0.493 e. The SMILES string of the molecule is COc1ccc(NS(=O)(=O)c2ccc(CCCN3Cc4ccccc4C3=O)cc2)cc1OC. The van der Waals surface area contributed by atoms with E-state index in [1.807, 2.05) is 41.3 Å². The Hall–Kier alpha value is -3.52. The minimum absolute atomic E-state index is 0.0771. The topological polar surface area (TPSA) is 84.9 Å². The molecule has 0 aliphatic carbocycles. The van der Waals surface area contributed by atoms with Crippen molar-refractivity contribution in [1.29, 1.82) is 0 Å². The number of methoxy groups -OCH3 is 2. The third-order valence-electron chi connectivity index (χ3n) is 5.66. The summed E-state index contributed by atoms with van der Waals surface area (Å²) >= 11 is 0. The summed E-state index contributed by atoms with van der Waals surface area (Å²) in [5.41, 5.74) is 3.25. The van der Waals surface area contributed by atoms with Gasteiger partial charge in [-0.2, -0.15) is 0 Å². The summed E-state index contributed by atoms with van der Waals surface area (Å²) in [6, 6.07) is 19.3. The smallest absolute Gasteiger partial charge is 0.261 e. The molecule has 1 heterocycles. The fourth-order valence-corrected chi connectivity index (χ4v) is 4.97. The highest BCUT2D eigenvalue weighted by atomic mass is 32.2. The average molecular weight is 467 g/mol. The molecule has 4 rings (SSSR count). The molecule has 0 atom stereocenters. The van der Waals surface area contributed by atoms with Gasteiger partial charge in [0.25, 0.3) is 15.9 Å². The number of sulfonamides is 1. The van der Waals surface area contributed by atoms with Crippen molar-refractivity contribution in [2.45, 2.75) is 24.3 Å². The van der Waals surface area contributed by atoms with Crippen LogP contribution in [-0.2, 0) is 23.0 Å². The number of rotatable bonds is 9. The predicted octanol–water partition coefficient (Wildman–Crippen LogP) is 4.09. The van der Waals surface area contributed by atoms with Gasteiger partial charge in [0.15, 0.2) is 11.5 Å². The zero-order chi connectivity index (χ0) is 23.4. The number of hydrogen-bond donors (Lipinski definition) is 1. The van der Waals surface area contributed by atoms with E-state index in [0.29, 0.717) is 30.3 Å². The molecule has 3 aromatic rings. The highest BCUT2D eigenvalue weighted by Gasteiger charge is 2.26. The number of amides is 1. The van der Waals surface area contributed by atoms with Crippen molar-refractivity contribution in [3.05, 3.63) is 83.4 Å². The number of nitrogens with one attached hydrogen (secondary N) is 1. The molecule has 0 aromatic heterocycles. The molecule has 1 aliphatic heterocycles. The van der Waals surface area contributed by atoms with Crippen molar-refractivity contribution in [2.75, 3.05) is 25.5 Å². The van der Waals surface area contributed by atoms with Crippen molar-refractivity contribution >= 4 is 21.6 Å². The summed E-state index contributed by atoms with van der Waals surface area (Å²) in [6.45, 7) is 1.31. The minimum Gasteiger partial charge on any atom is -0.493 e. The molecule has 172 valence electrons. The van der Waals surface area contributed by atoms with Crippen LogP contribution < -0.4 is 14.2 Å². The van der Waals surface area contributed by atoms with E-state index in [1.54, 1.807) is 30.3 Å². The van der Waals surface area contributed by atoms with E-state index in [1.165, 1.54) is 14.2 Å². The fourth-order valence-electron chi connectivity index (χ4n) is 3.92. The van der Waals surface area contributed by atoms with Gasteiger partial charge in [0.1, 0.15) is 0 Å². The van der Waals surface area contributed by atoms with Gasteiger partial charge < -0.3 is 14.4 Å². The third-order valence-corrected chi connectivity index (χ3v) is 7.06. The lowest BCUT2D eigenvalue weighted by atomic mass is 10.1. The van der Waals surface area contributed by atoms with Gasteiger partial charge in [-0.15, -0.1) is 0 Å². The monoisotopic (exact) mass is 466 g/mol. The van der Waals surface area contributed by atoms with Gasteiger partial charge in [-0.05, 0) is 54.3 Å². The van der Waals surface area contributed by atoms with Crippen LogP contribution >= 0.6 is 0 Å². The average Bonchev–Trinajstić information content (AvgIpc) is 3.14. The third kappa shape index (κ3) is 4.96. The number of nitrogens with zero attached hydrogens (tertiary/aromatic N) is 1. The first kappa shape index (κ1) is 22.7. The first-order valence-electron chi connectivity index (χ1n) is 10.6. The molecular formula is C25H26N2O5S. The van der Waals surface area contributed by atoms with E-state index in [4.69, 9.17) is 9.47 Å². The Morgan fingerprint density at radius 3 is 2.36 bits per heavy atom. The van der Waals surface area contributed by atoms with Crippen molar-refractivity contribution in [3.63, 3.8) is 0 Å². The van der Waals surface area contributed by atoms with E-state index in [2.05, 4.69) is 4.72 Å². The molecular weight excluding hydrogens is 440 g/mol. The van der Waals surface area contributed by atoms with Gasteiger partial charge >= 0.3 is 0 Å². The first-order valence-corrected chi connectivity index (χ1v) is 12.1. The molecule has 33 heavy (non-hydrogen) atoms. The number of anilines is 1. The molecule has 0 saturated heterocycles.